The minimum Gasteiger partial charge on any atom is -0.396 e. The van der Waals surface area contributed by atoms with E-state index in [1.54, 1.807) is 0 Å². The second-order valence-corrected chi connectivity index (χ2v) is 7.12. The monoisotopic (exact) mass is 293 g/mol. The molecule has 0 aromatic heterocycles. The highest BCUT2D eigenvalue weighted by atomic mass is 16.3. The first-order chi connectivity index (χ1) is 9.84. The first-order valence-corrected chi connectivity index (χ1v) is 7.92. The molecule has 3 heteroatoms. The second kappa shape index (κ2) is 8.52. The quantitative estimate of drug-likeness (QED) is 0.656. The molecule has 3 N–H and O–H groups in total. The third-order valence-corrected chi connectivity index (χ3v) is 3.74. The summed E-state index contributed by atoms with van der Waals surface area (Å²) < 4.78 is 0. The summed E-state index contributed by atoms with van der Waals surface area (Å²) in [6, 6.07) is 8.24. The highest BCUT2D eigenvalue weighted by molar-refractivity contribution is 5.24. The van der Waals surface area contributed by atoms with E-state index in [0.29, 0.717) is 12.5 Å². The molecule has 1 aromatic rings. The fraction of sp³-hybridized carbons (Fsp3) is 0.667. The number of aliphatic hydroxyl groups excluding tert-OH is 2. The van der Waals surface area contributed by atoms with Crippen LogP contribution in [0, 0.1) is 11.3 Å². The summed E-state index contributed by atoms with van der Waals surface area (Å²) in [6.45, 7) is 10.2. The van der Waals surface area contributed by atoms with Crippen LogP contribution < -0.4 is 5.32 Å². The Morgan fingerprint density at radius 1 is 1.14 bits per heavy atom. The first-order valence-electron chi connectivity index (χ1n) is 7.92. The number of nitrogens with one attached hydrogen (secondary N) is 1. The predicted molar refractivity (Wildman–Crippen MR) is 88.3 cm³/mol. The van der Waals surface area contributed by atoms with E-state index in [2.05, 4.69) is 45.1 Å². The van der Waals surface area contributed by atoms with Crippen LogP contribution in [-0.4, -0.2) is 29.9 Å². The van der Waals surface area contributed by atoms with Gasteiger partial charge in [0.05, 0.1) is 6.10 Å². The van der Waals surface area contributed by atoms with E-state index in [0.717, 1.165) is 24.9 Å². The van der Waals surface area contributed by atoms with Crippen molar-refractivity contribution < 1.29 is 10.2 Å². The zero-order valence-electron chi connectivity index (χ0n) is 13.9. The predicted octanol–water partition coefficient (Wildman–Crippen LogP) is 2.92. The molecule has 1 unspecified atom stereocenters. The van der Waals surface area contributed by atoms with Gasteiger partial charge in [-0.2, -0.15) is 0 Å². The van der Waals surface area contributed by atoms with E-state index >= 15 is 0 Å². The van der Waals surface area contributed by atoms with E-state index in [4.69, 9.17) is 5.11 Å². The van der Waals surface area contributed by atoms with Crippen LogP contribution in [0.1, 0.15) is 51.3 Å². The molecule has 0 saturated heterocycles. The van der Waals surface area contributed by atoms with Crippen LogP contribution >= 0.6 is 0 Å². The first kappa shape index (κ1) is 18.1. The van der Waals surface area contributed by atoms with Gasteiger partial charge in [-0.1, -0.05) is 52.0 Å². The molecule has 0 bridgehead atoms. The molecule has 0 spiro atoms. The fourth-order valence-corrected chi connectivity index (χ4v) is 2.40. The van der Waals surface area contributed by atoms with Crippen LogP contribution in [0.2, 0.25) is 0 Å². The Bertz CT molecular complexity index is 398. The maximum absolute atomic E-state index is 10.2. The van der Waals surface area contributed by atoms with Gasteiger partial charge in [0, 0.05) is 19.7 Å². The standard InChI is InChI=1S/C18H31NO2/c1-14(2)11-15-5-7-16(8-6-15)17(21)12-19-13-18(3,4)9-10-20/h5-8,14,17,19-21H,9-13H2,1-4H3. The highest BCUT2D eigenvalue weighted by Crippen LogP contribution is 2.19. The average Bonchev–Trinajstić information content (AvgIpc) is 2.38. The third-order valence-electron chi connectivity index (χ3n) is 3.74. The van der Waals surface area contributed by atoms with E-state index in [1.807, 2.05) is 12.1 Å². The minimum atomic E-state index is -0.483. The molecule has 0 aliphatic heterocycles. The lowest BCUT2D eigenvalue weighted by Gasteiger charge is -2.25. The van der Waals surface area contributed by atoms with Crippen LogP contribution in [0.25, 0.3) is 0 Å². The number of benzene rings is 1. The fourth-order valence-electron chi connectivity index (χ4n) is 2.40. The maximum atomic E-state index is 10.2. The molecule has 1 aromatic carbocycles. The molecule has 3 nitrogen and oxygen atoms in total. The molecule has 0 heterocycles. The van der Waals surface area contributed by atoms with Gasteiger partial charge in [-0.3, -0.25) is 0 Å². The normalized spacial score (nSPS) is 13.7. The summed E-state index contributed by atoms with van der Waals surface area (Å²) in [5, 5.41) is 22.5. The molecule has 120 valence electrons. The van der Waals surface area contributed by atoms with Crippen LogP contribution in [-0.2, 0) is 6.42 Å². The molecular formula is C18H31NO2. The van der Waals surface area contributed by atoms with E-state index in [9.17, 15) is 5.11 Å². The Kier molecular flexibility index (Phi) is 7.36. The summed E-state index contributed by atoms with van der Waals surface area (Å²) in [5.74, 6) is 0.649. The van der Waals surface area contributed by atoms with Crippen molar-refractivity contribution in [1.29, 1.82) is 0 Å². The molecule has 0 radical (unpaired) electrons. The van der Waals surface area contributed by atoms with Crippen LogP contribution in [0.5, 0.6) is 0 Å². The van der Waals surface area contributed by atoms with Gasteiger partial charge in [-0.15, -0.1) is 0 Å². The lowest BCUT2D eigenvalue weighted by atomic mass is 9.89. The van der Waals surface area contributed by atoms with Crippen molar-refractivity contribution in [2.45, 2.75) is 46.6 Å². The average molecular weight is 293 g/mol. The molecule has 21 heavy (non-hydrogen) atoms. The summed E-state index contributed by atoms with van der Waals surface area (Å²) in [5.41, 5.74) is 2.32. The van der Waals surface area contributed by atoms with Crippen molar-refractivity contribution in [1.82, 2.24) is 5.32 Å². The van der Waals surface area contributed by atoms with Crippen molar-refractivity contribution in [2.24, 2.45) is 11.3 Å². The van der Waals surface area contributed by atoms with Gasteiger partial charge in [-0.05, 0) is 35.3 Å². The number of aliphatic hydroxyl groups is 2. The number of hydrogen-bond acceptors (Lipinski definition) is 3. The van der Waals surface area contributed by atoms with Crippen LogP contribution in [0.15, 0.2) is 24.3 Å². The van der Waals surface area contributed by atoms with E-state index in [-0.39, 0.29) is 12.0 Å². The van der Waals surface area contributed by atoms with Gasteiger partial charge in [0.2, 0.25) is 0 Å². The summed E-state index contributed by atoms with van der Waals surface area (Å²) >= 11 is 0. The van der Waals surface area contributed by atoms with Crippen molar-refractivity contribution >= 4 is 0 Å². The minimum absolute atomic E-state index is 0.0512. The number of hydrogen-bond donors (Lipinski definition) is 3. The largest absolute Gasteiger partial charge is 0.396 e. The molecule has 0 aliphatic rings. The Morgan fingerprint density at radius 3 is 2.29 bits per heavy atom. The Morgan fingerprint density at radius 2 is 1.76 bits per heavy atom. The molecule has 0 fully saturated rings. The molecular weight excluding hydrogens is 262 g/mol. The van der Waals surface area contributed by atoms with E-state index < -0.39 is 6.10 Å². The number of rotatable bonds is 9. The maximum Gasteiger partial charge on any atom is 0.0914 e. The SMILES string of the molecule is CC(C)Cc1ccc(C(O)CNCC(C)(C)CCO)cc1. The van der Waals surface area contributed by atoms with Crippen molar-refractivity contribution in [3.63, 3.8) is 0 Å². The van der Waals surface area contributed by atoms with Crippen molar-refractivity contribution in [2.75, 3.05) is 19.7 Å². The Hall–Kier alpha value is -0.900. The van der Waals surface area contributed by atoms with Crippen LogP contribution in [0.4, 0.5) is 0 Å². The molecule has 1 atom stereocenters. The van der Waals surface area contributed by atoms with Gasteiger partial charge in [-0.25, -0.2) is 0 Å². The van der Waals surface area contributed by atoms with Crippen molar-refractivity contribution in [3.05, 3.63) is 35.4 Å². The zero-order valence-corrected chi connectivity index (χ0v) is 13.9. The lowest BCUT2D eigenvalue weighted by molar-refractivity contribution is 0.160. The van der Waals surface area contributed by atoms with Gasteiger partial charge in [0.1, 0.15) is 0 Å². The second-order valence-electron chi connectivity index (χ2n) is 7.12. The third kappa shape index (κ3) is 7.07. The van der Waals surface area contributed by atoms with Crippen molar-refractivity contribution in [3.8, 4) is 0 Å². The summed E-state index contributed by atoms with van der Waals surface area (Å²) in [6.07, 6.45) is 1.35. The highest BCUT2D eigenvalue weighted by Gasteiger charge is 2.17. The Labute approximate surface area is 129 Å². The Balaban J connectivity index is 2.43. The summed E-state index contributed by atoms with van der Waals surface area (Å²) in [4.78, 5) is 0. The van der Waals surface area contributed by atoms with E-state index in [1.165, 1.54) is 5.56 Å². The van der Waals surface area contributed by atoms with Crippen LogP contribution in [0.3, 0.4) is 0 Å². The smallest absolute Gasteiger partial charge is 0.0914 e. The van der Waals surface area contributed by atoms with Gasteiger partial charge >= 0.3 is 0 Å². The topological polar surface area (TPSA) is 52.5 Å². The lowest BCUT2D eigenvalue weighted by Crippen LogP contribution is -2.33. The molecule has 0 amide bonds. The summed E-state index contributed by atoms with van der Waals surface area (Å²) in [7, 11) is 0. The molecule has 1 rings (SSSR count). The van der Waals surface area contributed by atoms with Gasteiger partial charge in [0.15, 0.2) is 0 Å². The van der Waals surface area contributed by atoms with Gasteiger partial charge < -0.3 is 15.5 Å². The zero-order chi connectivity index (χ0) is 15.9. The van der Waals surface area contributed by atoms with Gasteiger partial charge in [0.25, 0.3) is 0 Å². The molecule has 0 aliphatic carbocycles. The molecule has 0 saturated carbocycles.